The summed E-state index contributed by atoms with van der Waals surface area (Å²) in [6.07, 6.45) is 0. The minimum absolute atomic E-state index is 0.147. The predicted octanol–water partition coefficient (Wildman–Crippen LogP) is 3.02. The molecule has 0 saturated carbocycles. The van der Waals surface area contributed by atoms with Crippen molar-refractivity contribution in [3.8, 4) is 5.75 Å². The highest BCUT2D eigenvalue weighted by Crippen LogP contribution is 2.39. The fourth-order valence-corrected chi connectivity index (χ4v) is 8.99. The van der Waals surface area contributed by atoms with Crippen LogP contribution < -0.4 is 8.31 Å². The Hall–Kier alpha value is -1.09. The Bertz CT molecular complexity index is 968. The number of aliphatic hydroxyl groups is 1. The molecular weight excluding hydrogens is 486 g/mol. The lowest BCUT2D eigenvalue weighted by atomic mass is 10.2. The molecule has 31 heavy (non-hydrogen) atoms. The van der Waals surface area contributed by atoms with Crippen LogP contribution in [-0.2, 0) is 31.2 Å². The van der Waals surface area contributed by atoms with Crippen molar-refractivity contribution < 1.29 is 43.7 Å². The van der Waals surface area contributed by atoms with Crippen molar-refractivity contribution in [2.45, 2.75) is 67.1 Å². The molecule has 0 amide bonds. The number of halogens is 4. The molecule has 0 heterocycles. The van der Waals surface area contributed by atoms with E-state index in [9.17, 15) is 34.4 Å². The van der Waals surface area contributed by atoms with Crippen LogP contribution in [0.2, 0.25) is 0 Å². The molecule has 0 saturated heterocycles. The Balaban J connectivity index is 3.16. The van der Waals surface area contributed by atoms with Crippen LogP contribution in [0.1, 0.15) is 41.5 Å². The van der Waals surface area contributed by atoms with Gasteiger partial charge in [0.1, 0.15) is 21.9 Å². The van der Waals surface area contributed by atoms with Crippen molar-refractivity contribution >= 4 is 31.2 Å². The molecule has 0 atom stereocenters. The van der Waals surface area contributed by atoms with Crippen LogP contribution in [0.25, 0.3) is 0 Å². The SMILES string of the molecule is CC(C)(C)[S+](c1ccc(OS(=O)(=O)NS(=O)(=O)C(F)(F)C(F)(F)CO)cc1)C(C)(C)C. The molecule has 0 unspecified atom stereocenters. The van der Waals surface area contributed by atoms with Crippen molar-refractivity contribution in [3.63, 3.8) is 0 Å². The second-order valence-electron chi connectivity index (χ2n) is 8.51. The molecule has 0 aliphatic rings. The second-order valence-corrected chi connectivity index (χ2v) is 15.3. The third-order valence-electron chi connectivity index (χ3n) is 3.66. The highest BCUT2D eigenvalue weighted by molar-refractivity contribution is 8.03. The van der Waals surface area contributed by atoms with Crippen molar-refractivity contribution in [2.75, 3.05) is 6.61 Å². The molecule has 0 fully saturated rings. The maximum atomic E-state index is 13.5. The van der Waals surface area contributed by atoms with Gasteiger partial charge in [-0.25, -0.2) is 8.42 Å². The van der Waals surface area contributed by atoms with Crippen LogP contribution in [-0.4, -0.2) is 49.2 Å². The highest BCUT2D eigenvalue weighted by Gasteiger charge is 2.66. The van der Waals surface area contributed by atoms with E-state index in [-0.39, 0.29) is 20.4 Å². The highest BCUT2D eigenvalue weighted by atomic mass is 32.3. The van der Waals surface area contributed by atoms with Gasteiger partial charge in [0.05, 0.1) is 0 Å². The number of hydrogen-bond donors (Lipinski definition) is 2. The summed E-state index contributed by atoms with van der Waals surface area (Å²) in [6.45, 7) is 9.69. The molecule has 1 rings (SSSR count). The summed E-state index contributed by atoms with van der Waals surface area (Å²) in [7, 11) is -12.3. The lowest BCUT2D eigenvalue weighted by Crippen LogP contribution is -2.55. The molecule has 1 aromatic rings. The molecule has 0 radical (unpaired) electrons. The molecule has 180 valence electrons. The van der Waals surface area contributed by atoms with Crippen molar-refractivity contribution in [2.24, 2.45) is 0 Å². The molecule has 7 nitrogen and oxygen atoms in total. The van der Waals surface area contributed by atoms with Crippen LogP contribution in [0.15, 0.2) is 29.2 Å². The van der Waals surface area contributed by atoms with Gasteiger partial charge in [0.15, 0.2) is 4.90 Å². The molecule has 14 heteroatoms. The Morgan fingerprint density at radius 1 is 0.903 bits per heavy atom. The lowest BCUT2D eigenvalue weighted by molar-refractivity contribution is -0.178. The normalized spacial score (nSPS) is 14.7. The number of alkyl halides is 4. The molecule has 1 aromatic carbocycles. The first-order chi connectivity index (χ1) is 13.6. The number of hydrogen-bond acceptors (Lipinski definition) is 6. The topological polar surface area (TPSA) is 110 Å². The second kappa shape index (κ2) is 8.69. The minimum Gasteiger partial charge on any atom is -0.390 e. The Labute approximate surface area is 182 Å². The maximum Gasteiger partial charge on any atom is 0.424 e. The third kappa shape index (κ3) is 6.46. The van der Waals surface area contributed by atoms with Gasteiger partial charge < -0.3 is 9.29 Å². The summed E-state index contributed by atoms with van der Waals surface area (Å²) >= 11 is 0. The quantitative estimate of drug-likeness (QED) is 0.409. The van der Waals surface area contributed by atoms with E-state index in [1.807, 2.05) is 41.5 Å². The van der Waals surface area contributed by atoms with Crippen molar-refractivity contribution in [3.05, 3.63) is 24.3 Å². The first-order valence-corrected chi connectivity index (χ1v) is 12.9. The zero-order valence-electron chi connectivity index (χ0n) is 17.7. The van der Waals surface area contributed by atoms with E-state index < -0.39 is 43.9 Å². The van der Waals surface area contributed by atoms with E-state index in [4.69, 9.17) is 5.11 Å². The average Bonchev–Trinajstić information content (AvgIpc) is 2.52. The van der Waals surface area contributed by atoms with Crippen molar-refractivity contribution in [1.82, 2.24) is 4.13 Å². The first-order valence-electron chi connectivity index (χ1n) is 8.76. The van der Waals surface area contributed by atoms with Gasteiger partial charge in [-0.05, 0) is 65.8 Å². The molecule has 0 spiro atoms. The fraction of sp³-hybridized carbons (Fsp3) is 0.647. The van der Waals surface area contributed by atoms with Gasteiger partial charge in [-0.1, -0.05) is 4.13 Å². The number of aliphatic hydroxyl groups excluding tert-OH is 1. The predicted molar refractivity (Wildman–Crippen MR) is 110 cm³/mol. The maximum absolute atomic E-state index is 13.5. The van der Waals surface area contributed by atoms with E-state index in [0.29, 0.717) is 4.13 Å². The van der Waals surface area contributed by atoms with Gasteiger partial charge in [0, 0.05) is 10.9 Å². The van der Waals surface area contributed by atoms with Gasteiger partial charge in [-0.2, -0.15) is 26.0 Å². The molecule has 0 bridgehead atoms. The molecule has 0 aromatic heterocycles. The van der Waals surface area contributed by atoms with Gasteiger partial charge in [-0.15, -0.1) is 0 Å². The van der Waals surface area contributed by atoms with Gasteiger partial charge in [0.25, 0.3) is 10.0 Å². The number of nitrogens with one attached hydrogen (secondary N) is 1. The molecule has 0 aliphatic heterocycles. The monoisotopic (exact) mass is 512 g/mol. The summed E-state index contributed by atoms with van der Waals surface area (Å²) < 4.78 is 105. The third-order valence-corrected chi connectivity index (χ3v) is 9.94. The molecule has 0 aliphatic carbocycles. The standard InChI is InChI=1S/C17H26F4NO6S3/c1-14(2,3)29(15(4,5)6)13-9-7-12(8-10-13)28-31(26,27)22-30(24,25)17(20,21)16(18,19)11-23/h7-10,22-23H,11H2,1-6H3/q+1. The van der Waals surface area contributed by atoms with Crippen LogP contribution in [0.5, 0.6) is 5.75 Å². The fourth-order valence-electron chi connectivity index (χ4n) is 2.88. The molecule has 2 N–H and O–H groups in total. The largest absolute Gasteiger partial charge is 0.424 e. The average molecular weight is 513 g/mol. The van der Waals surface area contributed by atoms with Gasteiger partial charge >= 0.3 is 21.5 Å². The van der Waals surface area contributed by atoms with Crippen LogP contribution in [0, 0.1) is 0 Å². The van der Waals surface area contributed by atoms with Crippen LogP contribution >= 0.6 is 0 Å². The van der Waals surface area contributed by atoms with E-state index >= 15 is 0 Å². The zero-order valence-corrected chi connectivity index (χ0v) is 20.2. The van der Waals surface area contributed by atoms with E-state index in [1.54, 1.807) is 12.1 Å². The van der Waals surface area contributed by atoms with E-state index in [0.717, 1.165) is 4.90 Å². The summed E-state index contributed by atoms with van der Waals surface area (Å²) in [5.74, 6) is -5.85. The first kappa shape index (κ1) is 27.9. The number of benzene rings is 1. The van der Waals surface area contributed by atoms with Crippen LogP contribution in [0.3, 0.4) is 0 Å². The van der Waals surface area contributed by atoms with Crippen LogP contribution in [0.4, 0.5) is 17.6 Å². The van der Waals surface area contributed by atoms with E-state index in [1.165, 1.54) is 12.1 Å². The Morgan fingerprint density at radius 3 is 1.68 bits per heavy atom. The Morgan fingerprint density at radius 2 is 1.32 bits per heavy atom. The Kier molecular flexibility index (Phi) is 7.83. The summed E-state index contributed by atoms with van der Waals surface area (Å²) in [5.41, 5.74) is 0. The van der Waals surface area contributed by atoms with Gasteiger partial charge in [0.2, 0.25) is 0 Å². The smallest absolute Gasteiger partial charge is 0.390 e. The van der Waals surface area contributed by atoms with Gasteiger partial charge in [-0.3, -0.25) is 0 Å². The van der Waals surface area contributed by atoms with Crippen molar-refractivity contribution in [1.29, 1.82) is 0 Å². The number of sulfonamides is 1. The molecular formula is C17H26F4NO6S3+. The summed E-state index contributed by atoms with van der Waals surface area (Å²) in [6, 6.07) is 5.49. The minimum atomic E-state index is -6.47. The lowest BCUT2D eigenvalue weighted by Gasteiger charge is -2.31. The summed E-state index contributed by atoms with van der Waals surface area (Å²) in [4.78, 5) is 0.847. The van der Waals surface area contributed by atoms with E-state index in [2.05, 4.69) is 4.18 Å². The number of rotatable bonds is 8. The summed E-state index contributed by atoms with van der Waals surface area (Å²) in [5, 5.41) is 2.40. The zero-order chi connectivity index (χ0) is 24.7.